The van der Waals surface area contributed by atoms with Crippen molar-refractivity contribution in [3.05, 3.63) is 70.0 Å². The van der Waals surface area contributed by atoms with Crippen molar-refractivity contribution in [1.29, 1.82) is 5.26 Å². The van der Waals surface area contributed by atoms with Crippen molar-refractivity contribution in [2.24, 2.45) is 0 Å². The molecular weight excluding hydrogens is 435 g/mol. The maximum Gasteiger partial charge on any atom is 0.221 e. The maximum atomic E-state index is 14.5. The van der Waals surface area contributed by atoms with Crippen LogP contribution in [0.1, 0.15) is 22.4 Å². The molecule has 0 aliphatic carbocycles. The summed E-state index contributed by atoms with van der Waals surface area (Å²) in [6.45, 7) is 1.35. The van der Waals surface area contributed by atoms with Gasteiger partial charge in [-0.1, -0.05) is 11.6 Å². The summed E-state index contributed by atoms with van der Waals surface area (Å²) in [7, 11) is 0. The molecule has 0 bridgehead atoms. The highest BCUT2D eigenvalue weighted by molar-refractivity contribution is 6.32. The molecule has 10 heteroatoms. The van der Waals surface area contributed by atoms with E-state index in [2.05, 4.69) is 31.2 Å². The predicted octanol–water partition coefficient (Wildman–Crippen LogP) is 3.06. The molecular formula is C22H18ClFN6O2. The third-order valence-corrected chi connectivity index (χ3v) is 6.04. The summed E-state index contributed by atoms with van der Waals surface area (Å²) in [5.74, 6) is 0.114. The number of benzene rings is 1. The van der Waals surface area contributed by atoms with E-state index in [-0.39, 0.29) is 24.6 Å². The minimum atomic E-state index is -1.32. The largest absolute Gasteiger partial charge is 0.380 e. The average molecular weight is 453 g/mol. The first-order chi connectivity index (χ1) is 15.5. The van der Waals surface area contributed by atoms with Crippen LogP contribution in [-0.2, 0) is 23.3 Å². The van der Waals surface area contributed by atoms with Crippen LogP contribution in [0.2, 0.25) is 5.02 Å². The summed E-state index contributed by atoms with van der Waals surface area (Å²) in [5, 5.41) is 22.8. The maximum absolute atomic E-state index is 14.5. The van der Waals surface area contributed by atoms with Gasteiger partial charge >= 0.3 is 0 Å². The fourth-order valence-corrected chi connectivity index (χ4v) is 4.11. The molecule has 2 N–H and O–H groups in total. The lowest BCUT2D eigenvalue weighted by Crippen LogP contribution is -2.47. The van der Waals surface area contributed by atoms with Crippen LogP contribution in [0, 0.1) is 17.3 Å². The Morgan fingerprint density at radius 1 is 1.25 bits per heavy atom. The van der Waals surface area contributed by atoms with Crippen LogP contribution in [0.4, 0.5) is 21.7 Å². The highest BCUT2D eigenvalue weighted by Crippen LogP contribution is 2.33. The van der Waals surface area contributed by atoms with E-state index in [0.717, 1.165) is 16.9 Å². The summed E-state index contributed by atoms with van der Waals surface area (Å²) < 4.78 is 19.5. The Kier molecular flexibility index (Phi) is 5.13. The molecule has 5 rings (SSSR count). The molecule has 0 atom stereocenters. The third kappa shape index (κ3) is 3.62. The van der Waals surface area contributed by atoms with Crippen LogP contribution >= 0.6 is 11.6 Å². The second-order valence-electron chi connectivity index (χ2n) is 7.78. The Morgan fingerprint density at radius 3 is 2.78 bits per heavy atom. The van der Waals surface area contributed by atoms with Crippen LogP contribution in [-0.4, -0.2) is 39.8 Å². The number of halogens is 2. The van der Waals surface area contributed by atoms with Gasteiger partial charge in [0.15, 0.2) is 0 Å². The van der Waals surface area contributed by atoms with E-state index >= 15 is 0 Å². The van der Waals surface area contributed by atoms with Crippen molar-refractivity contribution in [3.63, 3.8) is 0 Å². The Hall–Kier alpha value is -3.32. The van der Waals surface area contributed by atoms with Gasteiger partial charge < -0.3 is 20.1 Å². The van der Waals surface area contributed by atoms with Crippen molar-refractivity contribution in [2.75, 3.05) is 30.0 Å². The average Bonchev–Trinajstić information content (AvgIpc) is 2.77. The summed E-state index contributed by atoms with van der Waals surface area (Å²) in [6.07, 6.45) is 2.11. The molecule has 1 aromatic carbocycles. The first-order valence-corrected chi connectivity index (χ1v) is 10.4. The topological polar surface area (TPSA) is 107 Å². The number of anilines is 3. The molecule has 162 valence electrons. The monoisotopic (exact) mass is 452 g/mol. The molecule has 32 heavy (non-hydrogen) atoms. The molecule has 2 aromatic heterocycles. The highest BCUT2D eigenvalue weighted by Gasteiger charge is 2.40. The smallest absolute Gasteiger partial charge is 0.221 e. The van der Waals surface area contributed by atoms with E-state index in [1.807, 2.05) is 6.07 Å². The molecule has 0 unspecified atom stereocenters. The lowest BCUT2D eigenvalue weighted by Gasteiger charge is -2.36. The Bertz CT molecular complexity index is 1240. The SMILES string of the molecule is N#Cc1ccc(N2CCc3c(ncnc3Nc3ccc(C4(O)COC4)c(F)n3)C2)cc1Cl. The third-order valence-electron chi connectivity index (χ3n) is 5.72. The van der Waals surface area contributed by atoms with Crippen molar-refractivity contribution in [3.8, 4) is 6.07 Å². The standard InChI is InChI=1S/C22H18ClFN6O2/c23-17-7-14(2-1-13(17)8-25)30-6-5-15-18(9-30)26-12-27-21(15)29-19-4-3-16(20(24)28-19)22(31)10-32-11-22/h1-4,7,12,31H,5-6,9-11H2,(H,26,27,28,29). The zero-order valence-corrected chi connectivity index (χ0v) is 17.6. The van der Waals surface area contributed by atoms with E-state index in [4.69, 9.17) is 21.6 Å². The molecule has 2 aliphatic heterocycles. The molecule has 0 amide bonds. The number of nitrogens with zero attached hydrogens (tertiary/aromatic N) is 5. The molecule has 1 saturated heterocycles. The normalized spacial score (nSPS) is 16.6. The lowest BCUT2D eigenvalue weighted by molar-refractivity contribution is -0.186. The zero-order chi connectivity index (χ0) is 22.3. The van der Waals surface area contributed by atoms with Crippen molar-refractivity contribution in [2.45, 2.75) is 18.6 Å². The number of nitrogens with one attached hydrogen (secondary N) is 1. The van der Waals surface area contributed by atoms with Crippen molar-refractivity contribution >= 4 is 28.9 Å². The van der Waals surface area contributed by atoms with Crippen LogP contribution in [0.5, 0.6) is 0 Å². The number of aliphatic hydroxyl groups is 1. The van der Waals surface area contributed by atoms with E-state index in [9.17, 15) is 9.50 Å². The molecule has 1 fully saturated rings. The molecule has 2 aliphatic rings. The highest BCUT2D eigenvalue weighted by atomic mass is 35.5. The predicted molar refractivity (Wildman–Crippen MR) is 115 cm³/mol. The molecule has 4 heterocycles. The number of ether oxygens (including phenoxy) is 1. The number of pyridine rings is 1. The quantitative estimate of drug-likeness (QED) is 0.581. The van der Waals surface area contributed by atoms with Gasteiger partial charge in [-0.15, -0.1) is 0 Å². The van der Waals surface area contributed by atoms with E-state index in [1.54, 1.807) is 18.2 Å². The number of fused-ring (bicyclic) bond motifs is 1. The number of hydrogen-bond donors (Lipinski definition) is 2. The van der Waals surface area contributed by atoms with Gasteiger partial charge in [0.2, 0.25) is 5.95 Å². The number of hydrogen-bond acceptors (Lipinski definition) is 8. The molecule has 3 aromatic rings. The Balaban J connectivity index is 1.36. The van der Waals surface area contributed by atoms with Crippen molar-refractivity contribution < 1.29 is 14.2 Å². The van der Waals surface area contributed by atoms with Crippen molar-refractivity contribution in [1.82, 2.24) is 15.0 Å². The van der Waals surface area contributed by atoms with Gasteiger partial charge in [0.1, 0.15) is 29.6 Å². The number of nitriles is 1. The van der Waals surface area contributed by atoms with Crippen LogP contribution in [0.25, 0.3) is 0 Å². The summed E-state index contributed by atoms with van der Waals surface area (Å²) >= 11 is 6.18. The van der Waals surface area contributed by atoms with Crippen LogP contribution in [0.3, 0.4) is 0 Å². The van der Waals surface area contributed by atoms with E-state index in [0.29, 0.717) is 35.9 Å². The van der Waals surface area contributed by atoms with Gasteiger partial charge in [-0.05, 0) is 36.8 Å². The van der Waals surface area contributed by atoms with Crippen LogP contribution in [0.15, 0.2) is 36.7 Å². The zero-order valence-electron chi connectivity index (χ0n) is 16.8. The fraction of sp³-hybridized carbons (Fsp3) is 0.273. The minimum Gasteiger partial charge on any atom is -0.380 e. The first-order valence-electron chi connectivity index (χ1n) is 9.98. The summed E-state index contributed by atoms with van der Waals surface area (Å²) in [5.41, 5.74) is 1.92. The second-order valence-corrected chi connectivity index (χ2v) is 8.19. The molecule has 0 spiro atoms. The minimum absolute atomic E-state index is 0.0543. The van der Waals surface area contributed by atoms with Gasteiger partial charge in [-0.3, -0.25) is 0 Å². The van der Waals surface area contributed by atoms with Gasteiger partial charge in [0, 0.05) is 23.4 Å². The van der Waals surface area contributed by atoms with E-state index < -0.39 is 11.5 Å². The van der Waals surface area contributed by atoms with Gasteiger partial charge in [0.05, 0.1) is 36.0 Å². The lowest BCUT2D eigenvalue weighted by atomic mass is 9.93. The number of aromatic nitrogens is 3. The molecule has 0 radical (unpaired) electrons. The Morgan fingerprint density at radius 2 is 2.09 bits per heavy atom. The Labute approximate surface area is 188 Å². The van der Waals surface area contributed by atoms with Gasteiger partial charge in [-0.2, -0.15) is 9.65 Å². The second kappa shape index (κ2) is 7.98. The van der Waals surface area contributed by atoms with Crippen LogP contribution < -0.4 is 10.2 Å². The molecule has 8 nitrogen and oxygen atoms in total. The fourth-order valence-electron chi connectivity index (χ4n) is 3.90. The summed E-state index contributed by atoms with van der Waals surface area (Å²) in [4.78, 5) is 14.8. The van der Waals surface area contributed by atoms with E-state index in [1.165, 1.54) is 12.4 Å². The number of rotatable bonds is 4. The van der Waals surface area contributed by atoms with Gasteiger partial charge in [0.25, 0.3) is 0 Å². The molecule has 0 saturated carbocycles. The van der Waals surface area contributed by atoms with Gasteiger partial charge in [-0.25, -0.2) is 15.0 Å². The summed E-state index contributed by atoms with van der Waals surface area (Å²) in [6, 6.07) is 10.5. The first kappa shape index (κ1) is 20.6.